The molecule has 4 aromatic rings. The van der Waals surface area contributed by atoms with Crippen molar-refractivity contribution in [3.63, 3.8) is 0 Å². The number of aryl methyl sites for hydroxylation is 1. The lowest BCUT2D eigenvalue weighted by Gasteiger charge is -2.29. The summed E-state index contributed by atoms with van der Waals surface area (Å²) in [5.41, 5.74) is 4.28. The molecule has 4 heterocycles. The second-order valence-corrected chi connectivity index (χ2v) is 11.3. The molecule has 2 aliphatic heterocycles. The van der Waals surface area contributed by atoms with E-state index in [4.69, 9.17) is 4.74 Å². The van der Waals surface area contributed by atoms with Gasteiger partial charge in [-0.25, -0.2) is 0 Å². The number of nitrogens with zero attached hydrogens (tertiary/aromatic N) is 2. The van der Waals surface area contributed by atoms with E-state index in [-0.39, 0.29) is 17.0 Å². The molecule has 0 saturated carbocycles. The maximum atomic E-state index is 13.2. The Balaban J connectivity index is 0.894. The van der Waals surface area contributed by atoms with Gasteiger partial charge in [0.05, 0.1) is 17.7 Å². The Morgan fingerprint density at radius 3 is 2.75 bits per heavy atom. The number of carbonyl (C=O) groups is 4. The zero-order chi connectivity index (χ0) is 30.6. The van der Waals surface area contributed by atoms with Crippen LogP contribution in [0.3, 0.4) is 0 Å². The maximum absolute atomic E-state index is 13.2. The smallest absolute Gasteiger partial charge is 0.266 e. The number of rotatable bonds is 12. The predicted molar refractivity (Wildman–Crippen MR) is 166 cm³/mol. The van der Waals surface area contributed by atoms with Crippen LogP contribution in [0.25, 0.3) is 21.8 Å². The molecule has 1 saturated heterocycles. The van der Waals surface area contributed by atoms with Gasteiger partial charge in [0.15, 0.2) is 0 Å². The summed E-state index contributed by atoms with van der Waals surface area (Å²) in [5.74, 6) is -0.970. The molecule has 10 heteroatoms. The average Bonchev–Trinajstić information content (AvgIpc) is 3.51. The van der Waals surface area contributed by atoms with Crippen LogP contribution in [0.4, 0.5) is 0 Å². The number of ether oxygens (including phenoxy) is 1. The minimum atomic E-state index is -0.853. The number of benzene rings is 2. The van der Waals surface area contributed by atoms with E-state index in [0.29, 0.717) is 50.3 Å². The lowest BCUT2D eigenvalue weighted by Crippen LogP contribution is -2.51. The molecule has 1 atom stereocenters. The number of aromatic amines is 1. The van der Waals surface area contributed by atoms with E-state index in [0.717, 1.165) is 58.0 Å². The topological polar surface area (TPSA) is 133 Å². The number of nitrogens with one attached hydrogen (secondary N) is 3. The third kappa shape index (κ3) is 5.92. The first-order valence-electron chi connectivity index (χ1n) is 15.1. The Morgan fingerprint density at radius 2 is 1.89 bits per heavy atom. The molecule has 0 spiro atoms. The molecule has 44 heavy (non-hydrogen) atoms. The summed E-state index contributed by atoms with van der Waals surface area (Å²) in [6.07, 6.45) is 9.05. The summed E-state index contributed by atoms with van der Waals surface area (Å²) in [6, 6.07) is 12.3. The zero-order valence-corrected chi connectivity index (χ0v) is 24.5. The van der Waals surface area contributed by atoms with E-state index < -0.39 is 23.8 Å². The molecule has 0 aliphatic carbocycles. The molecule has 0 radical (unpaired) electrons. The van der Waals surface area contributed by atoms with E-state index in [9.17, 15) is 19.2 Å². The fourth-order valence-electron chi connectivity index (χ4n) is 5.97. The first-order chi connectivity index (χ1) is 21.4. The second-order valence-electron chi connectivity index (χ2n) is 11.3. The van der Waals surface area contributed by atoms with Gasteiger partial charge in [-0.2, -0.15) is 0 Å². The van der Waals surface area contributed by atoms with Crippen molar-refractivity contribution in [1.29, 1.82) is 0 Å². The van der Waals surface area contributed by atoms with E-state index >= 15 is 0 Å². The fraction of sp³-hybridized carbons (Fsp3) is 0.324. The number of piperidine rings is 1. The number of aromatic nitrogens is 2. The molecule has 1 unspecified atom stereocenters. The van der Waals surface area contributed by atoms with Crippen molar-refractivity contribution in [2.75, 3.05) is 13.2 Å². The van der Waals surface area contributed by atoms with Crippen LogP contribution in [0.15, 0.2) is 67.1 Å². The molecule has 2 aromatic carbocycles. The number of carbonyl (C=O) groups excluding carboxylic acids is 4. The highest BCUT2D eigenvalue weighted by molar-refractivity contribution is 6.24. The van der Waals surface area contributed by atoms with Gasteiger partial charge in [0, 0.05) is 52.9 Å². The molecule has 4 amide bonds. The minimum Gasteiger partial charge on any atom is -0.493 e. The number of hydrogen-bond donors (Lipinski definition) is 3. The van der Waals surface area contributed by atoms with E-state index in [1.165, 1.54) is 0 Å². The Hall–Kier alpha value is -4.99. The number of pyridine rings is 1. The third-order valence-corrected chi connectivity index (χ3v) is 8.30. The molecule has 1 fully saturated rings. The number of H-pyrrole nitrogens is 1. The summed E-state index contributed by atoms with van der Waals surface area (Å²) >= 11 is 0. The van der Waals surface area contributed by atoms with Crippen molar-refractivity contribution in [2.24, 2.45) is 0 Å². The van der Waals surface area contributed by atoms with Crippen molar-refractivity contribution in [3.8, 4) is 5.75 Å². The molecule has 2 aliphatic rings. The van der Waals surface area contributed by atoms with Gasteiger partial charge in [0.1, 0.15) is 11.8 Å². The van der Waals surface area contributed by atoms with Crippen molar-refractivity contribution in [1.82, 2.24) is 25.5 Å². The van der Waals surface area contributed by atoms with Crippen LogP contribution in [0.5, 0.6) is 5.75 Å². The van der Waals surface area contributed by atoms with Crippen LogP contribution >= 0.6 is 0 Å². The zero-order valence-electron chi connectivity index (χ0n) is 24.5. The Kier molecular flexibility index (Phi) is 8.40. The second kappa shape index (κ2) is 12.7. The minimum absolute atomic E-state index is 0.0381. The normalized spacial score (nSPS) is 16.5. The molecule has 6 rings (SSSR count). The lowest BCUT2D eigenvalue weighted by atomic mass is 10.0. The van der Waals surface area contributed by atoms with Crippen LogP contribution < -0.4 is 15.4 Å². The number of unbranched alkanes of at least 4 members (excludes halogenated alkanes) is 3. The summed E-state index contributed by atoms with van der Waals surface area (Å²) < 4.78 is 5.92. The molecular formula is C34H35N5O5. The summed E-state index contributed by atoms with van der Waals surface area (Å²) in [4.78, 5) is 59.7. The molecule has 226 valence electrons. The Morgan fingerprint density at radius 1 is 1.02 bits per heavy atom. The highest BCUT2D eigenvalue weighted by atomic mass is 16.5. The van der Waals surface area contributed by atoms with Gasteiger partial charge in [0.25, 0.3) is 11.8 Å². The van der Waals surface area contributed by atoms with Gasteiger partial charge in [-0.3, -0.25) is 29.1 Å². The first kappa shape index (κ1) is 29.1. The van der Waals surface area contributed by atoms with Gasteiger partial charge in [0.2, 0.25) is 11.8 Å². The van der Waals surface area contributed by atoms with Gasteiger partial charge in [-0.1, -0.05) is 37.6 Å². The van der Waals surface area contributed by atoms with Crippen molar-refractivity contribution >= 4 is 45.4 Å². The van der Waals surface area contributed by atoms with Gasteiger partial charge < -0.3 is 20.4 Å². The molecular weight excluding hydrogens is 558 g/mol. The van der Waals surface area contributed by atoms with Crippen molar-refractivity contribution < 1.29 is 23.9 Å². The van der Waals surface area contributed by atoms with Gasteiger partial charge in [-0.15, -0.1) is 0 Å². The summed E-state index contributed by atoms with van der Waals surface area (Å²) in [6.45, 7) is 4.77. The van der Waals surface area contributed by atoms with Gasteiger partial charge in [-0.05, 0) is 61.9 Å². The lowest BCUT2D eigenvalue weighted by molar-refractivity contribution is -0.125. The summed E-state index contributed by atoms with van der Waals surface area (Å²) in [7, 11) is 0. The third-order valence-electron chi connectivity index (χ3n) is 8.30. The van der Waals surface area contributed by atoms with Crippen molar-refractivity contribution in [3.05, 3.63) is 83.8 Å². The van der Waals surface area contributed by atoms with Crippen LogP contribution in [-0.2, 0) is 16.0 Å². The van der Waals surface area contributed by atoms with E-state index in [1.807, 2.05) is 12.3 Å². The highest BCUT2D eigenvalue weighted by Gasteiger charge is 2.45. The number of amides is 4. The largest absolute Gasteiger partial charge is 0.493 e. The van der Waals surface area contributed by atoms with Crippen LogP contribution in [0, 0.1) is 0 Å². The molecule has 0 bridgehead atoms. The Labute approximate surface area is 254 Å². The molecule has 10 nitrogen and oxygen atoms in total. The summed E-state index contributed by atoms with van der Waals surface area (Å²) in [5, 5.41) is 7.88. The predicted octanol–water partition coefficient (Wildman–Crippen LogP) is 4.79. The maximum Gasteiger partial charge on any atom is 0.266 e. The standard InChI is InChI=1S/C34H35N5O5/c1-21-9-13-28(32(41)37-21)39-33(42)24-7-6-8-29(31(24)34(39)43)44-18-5-3-2-4-16-36-30(40)14-11-22-10-12-23-25-20-35-17-15-26(25)38-27(23)19-22/h6-8,10,12,15,17,19-20,28,38H,1-5,9,11,13-14,16,18H2,(H,36,40)(H,37,41). The highest BCUT2D eigenvalue weighted by Crippen LogP contribution is 2.34. The number of imide groups is 1. The molecule has 3 N–H and O–H groups in total. The number of hydrogen-bond acceptors (Lipinski definition) is 6. The monoisotopic (exact) mass is 593 g/mol. The van der Waals surface area contributed by atoms with Crippen molar-refractivity contribution in [2.45, 2.75) is 57.4 Å². The Bertz CT molecular complexity index is 1780. The van der Waals surface area contributed by atoms with Crippen LogP contribution in [0.2, 0.25) is 0 Å². The number of fused-ring (bicyclic) bond motifs is 4. The first-order valence-corrected chi connectivity index (χ1v) is 15.1. The quantitative estimate of drug-likeness (QED) is 0.160. The SMILES string of the molecule is C=C1CCC(N2C(=O)c3cccc(OCCCCCCNC(=O)CCc4ccc5c(c4)[nH]c4ccncc45)c3C2=O)C(=O)N1. The van der Waals surface area contributed by atoms with E-state index in [2.05, 4.69) is 45.4 Å². The molecule has 2 aromatic heterocycles. The number of allylic oxidation sites excluding steroid dienone is 1. The fourth-order valence-corrected chi connectivity index (χ4v) is 5.97. The van der Waals surface area contributed by atoms with E-state index in [1.54, 1.807) is 24.4 Å². The van der Waals surface area contributed by atoms with Gasteiger partial charge >= 0.3 is 0 Å². The van der Waals surface area contributed by atoms with Crippen LogP contribution in [-0.4, -0.2) is 57.7 Å². The average molecular weight is 594 g/mol. The van der Waals surface area contributed by atoms with Crippen LogP contribution in [0.1, 0.15) is 71.2 Å².